The predicted octanol–water partition coefficient (Wildman–Crippen LogP) is 0.964. The number of aliphatic imine (C=N–C) groups is 1. The molecule has 3 aliphatic rings. The van der Waals surface area contributed by atoms with Crippen LogP contribution in [0.4, 0.5) is 0 Å². The number of rotatable bonds is 4. The molecule has 0 aromatic carbocycles. The van der Waals surface area contributed by atoms with E-state index in [9.17, 15) is 8.42 Å². The van der Waals surface area contributed by atoms with Crippen LogP contribution in [0.1, 0.15) is 25.7 Å². The summed E-state index contributed by atoms with van der Waals surface area (Å²) in [6.45, 7) is 4.42. The second-order valence-corrected chi connectivity index (χ2v) is 9.10. The van der Waals surface area contributed by atoms with Crippen molar-refractivity contribution in [2.45, 2.75) is 25.7 Å². The third kappa shape index (κ3) is 5.43. The molecule has 0 radical (unpaired) electrons. The highest BCUT2D eigenvalue weighted by molar-refractivity contribution is 14.0. The van der Waals surface area contributed by atoms with Crippen LogP contribution in [-0.4, -0.2) is 82.3 Å². The Bertz CT molecular complexity index is 538. The topological polar surface area (TPSA) is 74.2 Å². The van der Waals surface area contributed by atoms with Crippen LogP contribution in [0.2, 0.25) is 0 Å². The Morgan fingerprint density at radius 1 is 1.16 bits per heavy atom. The number of hydrogen-bond donors (Lipinski definition) is 1. The molecule has 146 valence electrons. The maximum Gasteiger partial charge on any atom is 0.215 e. The summed E-state index contributed by atoms with van der Waals surface area (Å²) < 4.78 is 31.5. The molecule has 1 aliphatic carbocycles. The molecule has 1 N–H and O–H groups in total. The fourth-order valence-electron chi connectivity index (χ4n) is 4.16. The molecule has 25 heavy (non-hydrogen) atoms. The van der Waals surface area contributed by atoms with Gasteiger partial charge in [-0.15, -0.1) is 24.0 Å². The Kier molecular flexibility index (Phi) is 8.22. The zero-order valence-corrected chi connectivity index (χ0v) is 18.2. The summed E-state index contributed by atoms with van der Waals surface area (Å²) in [5.74, 6) is 2.53. The first-order chi connectivity index (χ1) is 11.6. The summed E-state index contributed by atoms with van der Waals surface area (Å²) in [7, 11) is -1.44. The molecule has 2 aliphatic heterocycles. The third-order valence-corrected chi connectivity index (χ3v) is 7.37. The standard InChI is InChI=1S/C16H30N4O3S.HI/c1-17-16(19-12-14-4-2-3-5-15(14)13-19)18-6-11-24(21,22)20-7-9-23-10-8-20;/h14-15H,2-13H2,1H3,(H,17,18);1H. The molecule has 0 aromatic heterocycles. The van der Waals surface area contributed by atoms with Gasteiger partial charge >= 0.3 is 0 Å². The minimum atomic E-state index is -3.21. The molecule has 0 amide bonds. The SMILES string of the molecule is CN=C(NCCS(=O)(=O)N1CCOCC1)N1CC2CCCCC2C1.I. The minimum absolute atomic E-state index is 0. The maximum absolute atomic E-state index is 12.4. The second kappa shape index (κ2) is 9.70. The molecule has 2 saturated heterocycles. The van der Waals surface area contributed by atoms with Crippen molar-refractivity contribution in [1.82, 2.24) is 14.5 Å². The van der Waals surface area contributed by atoms with Gasteiger partial charge in [-0.25, -0.2) is 8.42 Å². The van der Waals surface area contributed by atoms with Crippen LogP contribution in [0.5, 0.6) is 0 Å². The molecule has 2 atom stereocenters. The zero-order valence-electron chi connectivity index (χ0n) is 15.0. The van der Waals surface area contributed by atoms with Crippen molar-refractivity contribution in [2.24, 2.45) is 16.8 Å². The van der Waals surface area contributed by atoms with Crippen molar-refractivity contribution >= 4 is 40.0 Å². The van der Waals surface area contributed by atoms with E-state index in [-0.39, 0.29) is 29.7 Å². The van der Waals surface area contributed by atoms with Crippen LogP contribution in [-0.2, 0) is 14.8 Å². The van der Waals surface area contributed by atoms with E-state index in [0.717, 1.165) is 30.9 Å². The van der Waals surface area contributed by atoms with Gasteiger partial charge < -0.3 is 15.0 Å². The van der Waals surface area contributed by atoms with Gasteiger partial charge in [0.15, 0.2) is 5.96 Å². The van der Waals surface area contributed by atoms with Crippen molar-refractivity contribution in [3.8, 4) is 0 Å². The first kappa shape index (κ1) is 21.2. The highest BCUT2D eigenvalue weighted by atomic mass is 127. The van der Waals surface area contributed by atoms with Crippen LogP contribution in [0.25, 0.3) is 0 Å². The molecule has 2 heterocycles. The minimum Gasteiger partial charge on any atom is -0.379 e. The summed E-state index contributed by atoms with van der Waals surface area (Å²) in [5, 5.41) is 3.26. The number of sulfonamides is 1. The van der Waals surface area contributed by atoms with Gasteiger partial charge in [0.1, 0.15) is 0 Å². The van der Waals surface area contributed by atoms with Gasteiger partial charge in [-0.05, 0) is 24.7 Å². The first-order valence-electron chi connectivity index (χ1n) is 9.11. The largest absolute Gasteiger partial charge is 0.379 e. The summed E-state index contributed by atoms with van der Waals surface area (Å²) in [6.07, 6.45) is 5.34. The molecule has 0 bridgehead atoms. The third-order valence-electron chi connectivity index (χ3n) is 5.49. The van der Waals surface area contributed by atoms with Crippen molar-refractivity contribution in [3.63, 3.8) is 0 Å². The second-order valence-electron chi connectivity index (χ2n) is 7.01. The Labute approximate surface area is 168 Å². The average Bonchev–Trinajstić information content (AvgIpc) is 3.03. The van der Waals surface area contributed by atoms with E-state index in [1.54, 1.807) is 7.05 Å². The van der Waals surface area contributed by atoms with Gasteiger partial charge in [0.05, 0.1) is 19.0 Å². The molecule has 0 aromatic rings. The molecule has 3 rings (SSSR count). The molecule has 3 fully saturated rings. The fourth-order valence-corrected chi connectivity index (χ4v) is 5.48. The van der Waals surface area contributed by atoms with Gasteiger partial charge in [0, 0.05) is 39.8 Å². The number of halogens is 1. The monoisotopic (exact) mass is 486 g/mol. The summed E-state index contributed by atoms with van der Waals surface area (Å²) in [6, 6.07) is 0. The van der Waals surface area contributed by atoms with Crippen LogP contribution < -0.4 is 5.32 Å². The molecular weight excluding hydrogens is 455 g/mol. The highest BCUT2D eigenvalue weighted by Gasteiger charge is 2.35. The van der Waals surface area contributed by atoms with E-state index in [1.807, 2.05) is 0 Å². The number of likely N-dealkylation sites (tertiary alicyclic amines) is 1. The van der Waals surface area contributed by atoms with Crippen LogP contribution >= 0.6 is 24.0 Å². The van der Waals surface area contributed by atoms with Gasteiger partial charge in [0.2, 0.25) is 10.0 Å². The summed E-state index contributed by atoms with van der Waals surface area (Å²) >= 11 is 0. The molecule has 9 heteroatoms. The van der Waals surface area contributed by atoms with Crippen molar-refractivity contribution in [1.29, 1.82) is 0 Å². The highest BCUT2D eigenvalue weighted by Crippen LogP contribution is 2.35. The van der Waals surface area contributed by atoms with E-state index in [1.165, 1.54) is 30.0 Å². The Morgan fingerprint density at radius 2 is 1.76 bits per heavy atom. The summed E-state index contributed by atoms with van der Waals surface area (Å²) in [4.78, 5) is 6.67. The molecule has 2 unspecified atom stereocenters. The maximum atomic E-state index is 12.4. The smallest absolute Gasteiger partial charge is 0.215 e. The molecule has 1 saturated carbocycles. The Morgan fingerprint density at radius 3 is 2.32 bits per heavy atom. The van der Waals surface area contributed by atoms with Crippen LogP contribution in [0.15, 0.2) is 4.99 Å². The fraction of sp³-hybridized carbons (Fsp3) is 0.938. The van der Waals surface area contributed by atoms with Gasteiger partial charge in [-0.3, -0.25) is 4.99 Å². The van der Waals surface area contributed by atoms with Crippen molar-refractivity contribution in [2.75, 3.05) is 58.7 Å². The van der Waals surface area contributed by atoms with Gasteiger partial charge in [-0.2, -0.15) is 4.31 Å². The molecule has 7 nitrogen and oxygen atoms in total. The van der Waals surface area contributed by atoms with Crippen molar-refractivity contribution in [3.05, 3.63) is 0 Å². The van der Waals surface area contributed by atoms with Gasteiger partial charge in [0.25, 0.3) is 0 Å². The number of ether oxygens (including phenoxy) is 1. The number of guanidine groups is 1. The van der Waals surface area contributed by atoms with E-state index >= 15 is 0 Å². The van der Waals surface area contributed by atoms with Gasteiger partial charge in [-0.1, -0.05) is 12.8 Å². The first-order valence-corrected chi connectivity index (χ1v) is 10.7. The van der Waals surface area contributed by atoms with Crippen LogP contribution in [0, 0.1) is 11.8 Å². The Hall–Kier alpha value is -0.130. The quantitative estimate of drug-likeness (QED) is 0.364. The summed E-state index contributed by atoms with van der Waals surface area (Å²) in [5.41, 5.74) is 0. The van der Waals surface area contributed by atoms with E-state index in [2.05, 4.69) is 15.2 Å². The number of hydrogen-bond acceptors (Lipinski definition) is 4. The van der Waals surface area contributed by atoms with E-state index in [4.69, 9.17) is 4.74 Å². The lowest BCUT2D eigenvalue weighted by molar-refractivity contribution is 0.0730. The lowest BCUT2D eigenvalue weighted by Crippen LogP contribution is -2.46. The van der Waals surface area contributed by atoms with E-state index < -0.39 is 10.0 Å². The normalized spacial score (nSPS) is 28.4. The number of nitrogens with zero attached hydrogens (tertiary/aromatic N) is 3. The van der Waals surface area contributed by atoms with E-state index in [0.29, 0.717) is 32.8 Å². The average molecular weight is 486 g/mol. The zero-order chi connectivity index (χ0) is 17.0. The molecular formula is C16H31IN4O3S. The Balaban J connectivity index is 0.00000225. The van der Waals surface area contributed by atoms with Crippen molar-refractivity contribution < 1.29 is 13.2 Å². The number of fused-ring (bicyclic) bond motifs is 1. The lowest BCUT2D eigenvalue weighted by atomic mass is 9.82. The molecule has 0 spiro atoms. The lowest BCUT2D eigenvalue weighted by Gasteiger charge is -2.26. The predicted molar refractivity (Wildman–Crippen MR) is 110 cm³/mol. The number of nitrogens with one attached hydrogen (secondary N) is 1. The van der Waals surface area contributed by atoms with Crippen LogP contribution in [0.3, 0.4) is 0 Å². The number of morpholine rings is 1.